The Labute approximate surface area is 132 Å². The minimum Gasteiger partial charge on any atom is -0.481 e. The average Bonchev–Trinajstić information content (AvgIpc) is 2.93. The second-order valence-electron chi connectivity index (χ2n) is 5.24. The molecule has 1 N–H and O–H groups in total. The van der Waals surface area contributed by atoms with Gasteiger partial charge in [0.1, 0.15) is 6.42 Å². The normalized spacial score (nSPS) is 17.1. The fourth-order valence-corrected chi connectivity index (χ4v) is 3.11. The molecular weight excluding hydrogens is 304 g/mol. The van der Waals surface area contributed by atoms with Crippen molar-refractivity contribution >= 4 is 23.5 Å². The molecule has 3 rings (SSSR count). The summed E-state index contributed by atoms with van der Waals surface area (Å²) in [6, 6.07) is 10.9. The average molecular weight is 319 g/mol. The Balaban J connectivity index is 2.03. The van der Waals surface area contributed by atoms with Crippen LogP contribution in [0.1, 0.15) is 23.7 Å². The third-order valence-electron chi connectivity index (χ3n) is 3.83. The highest BCUT2D eigenvalue weighted by Gasteiger charge is 2.32. The van der Waals surface area contributed by atoms with E-state index in [2.05, 4.69) is 4.57 Å². The lowest BCUT2D eigenvalue weighted by molar-refractivity contribution is -0.145. The molecule has 1 aromatic carbocycles. The van der Waals surface area contributed by atoms with Crippen LogP contribution in [0.15, 0.2) is 42.6 Å². The Morgan fingerprint density at radius 2 is 2.05 bits per heavy atom. The van der Waals surface area contributed by atoms with Crippen molar-refractivity contribution in [3.8, 4) is 0 Å². The van der Waals surface area contributed by atoms with Gasteiger partial charge in [0.05, 0.1) is 6.04 Å². The summed E-state index contributed by atoms with van der Waals surface area (Å²) in [7, 11) is 0. The molecule has 22 heavy (non-hydrogen) atoms. The van der Waals surface area contributed by atoms with Crippen LogP contribution in [0.25, 0.3) is 0 Å². The maximum absolute atomic E-state index is 12.3. The number of aromatic nitrogens is 1. The number of nitrogens with zero attached hydrogens (tertiary/aromatic N) is 2. The zero-order chi connectivity index (χ0) is 15.7. The van der Waals surface area contributed by atoms with Gasteiger partial charge in [0.2, 0.25) is 5.91 Å². The van der Waals surface area contributed by atoms with E-state index < -0.39 is 12.4 Å². The number of carboxylic acids is 1. The van der Waals surface area contributed by atoms with Crippen LogP contribution in [0.3, 0.4) is 0 Å². The topological polar surface area (TPSA) is 62.5 Å². The van der Waals surface area contributed by atoms with Crippen LogP contribution in [0.2, 0.25) is 5.02 Å². The van der Waals surface area contributed by atoms with E-state index in [9.17, 15) is 9.59 Å². The van der Waals surface area contributed by atoms with Crippen LogP contribution < -0.4 is 0 Å². The van der Waals surface area contributed by atoms with E-state index in [1.165, 1.54) is 0 Å². The van der Waals surface area contributed by atoms with Gasteiger partial charge in [-0.2, -0.15) is 0 Å². The summed E-state index contributed by atoms with van der Waals surface area (Å²) in [6.07, 6.45) is 1.46. The number of hydrogen-bond donors (Lipinski definition) is 1. The van der Waals surface area contributed by atoms with Crippen molar-refractivity contribution in [2.24, 2.45) is 0 Å². The lowest BCUT2D eigenvalue weighted by Crippen LogP contribution is -2.43. The van der Waals surface area contributed by atoms with Crippen LogP contribution in [0, 0.1) is 0 Å². The fourth-order valence-electron chi connectivity index (χ4n) is 2.91. The lowest BCUT2D eigenvalue weighted by atomic mass is 9.99. The van der Waals surface area contributed by atoms with E-state index >= 15 is 0 Å². The Morgan fingerprint density at radius 3 is 2.77 bits per heavy atom. The molecule has 1 aromatic heterocycles. The minimum atomic E-state index is -1.11. The molecule has 2 heterocycles. The number of rotatable bonds is 3. The third-order valence-corrected chi connectivity index (χ3v) is 4.06. The molecule has 114 valence electrons. The zero-order valence-electron chi connectivity index (χ0n) is 11.8. The van der Waals surface area contributed by atoms with Gasteiger partial charge in [-0.25, -0.2) is 0 Å². The molecule has 0 unspecified atom stereocenters. The quantitative estimate of drug-likeness (QED) is 0.885. The molecule has 0 fully saturated rings. The molecule has 5 nitrogen and oxygen atoms in total. The predicted molar refractivity (Wildman–Crippen MR) is 81.7 cm³/mol. The molecule has 0 bridgehead atoms. The van der Waals surface area contributed by atoms with Crippen LogP contribution in [0.4, 0.5) is 0 Å². The van der Waals surface area contributed by atoms with Gasteiger partial charge in [-0.15, -0.1) is 0 Å². The van der Waals surface area contributed by atoms with Crippen LogP contribution in [0.5, 0.6) is 0 Å². The maximum atomic E-state index is 12.3. The SMILES string of the molecule is O=C(O)CC(=O)N1CCn2cccc2[C@H]1c1cccc(Cl)c1. The highest BCUT2D eigenvalue weighted by Crippen LogP contribution is 2.33. The highest BCUT2D eigenvalue weighted by atomic mass is 35.5. The maximum Gasteiger partial charge on any atom is 0.312 e. The second-order valence-corrected chi connectivity index (χ2v) is 5.68. The molecule has 1 atom stereocenters. The van der Waals surface area contributed by atoms with Crippen molar-refractivity contribution in [2.45, 2.75) is 19.0 Å². The van der Waals surface area contributed by atoms with Gasteiger partial charge in [-0.1, -0.05) is 23.7 Å². The van der Waals surface area contributed by atoms with Crippen molar-refractivity contribution in [3.63, 3.8) is 0 Å². The molecule has 1 aliphatic rings. The summed E-state index contributed by atoms with van der Waals surface area (Å²) in [5.74, 6) is -1.50. The van der Waals surface area contributed by atoms with Crippen molar-refractivity contribution in [1.29, 1.82) is 0 Å². The van der Waals surface area contributed by atoms with E-state index in [0.717, 1.165) is 11.3 Å². The standard InChI is InChI=1S/C16H15ClN2O3/c17-12-4-1-3-11(9-12)16-13-5-2-6-18(13)7-8-19(16)14(20)10-15(21)22/h1-6,9,16H,7-8,10H2,(H,21,22)/t16-/m1/s1. The number of halogens is 1. The van der Waals surface area contributed by atoms with Crippen molar-refractivity contribution < 1.29 is 14.7 Å². The van der Waals surface area contributed by atoms with E-state index in [4.69, 9.17) is 16.7 Å². The van der Waals surface area contributed by atoms with Crippen molar-refractivity contribution in [2.75, 3.05) is 6.54 Å². The number of hydrogen-bond acceptors (Lipinski definition) is 2. The summed E-state index contributed by atoms with van der Waals surface area (Å²) >= 11 is 6.07. The first kappa shape index (κ1) is 14.7. The molecular formula is C16H15ClN2O3. The molecule has 0 saturated carbocycles. The Kier molecular flexibility index (Phi) is 3.90. The number of carbonyl (C=O) groups excluding carboxylic acids is 1. The van der Waals surface area contributed by atoms with Crippen LogP contribution in [-0.2, 0) is 16.1 Å². The number of benzene rings is 1. The molecule has 2 aromatic rings. The van der Waals surface area contributed by atoms with Crippen LogP contribution in [-0.4, -0.2) is 33.0 Å². The van der Waals surface area contributed by atoms with E-state index in [-0.39, 0.29) is 11.9 Å². The number of carbonyl (C=O) groups is 2. The Hall–Kier alpha value is -2.27. The van der Waals surface area contributed by atoms with E-state index in [1.807, 2.05) is 36.5 Å². The summed E-state index contributed by atoms with van der Waals surface area (Å²) in [4.78, 5) is 24.8. The Morgan fingerprint density at radius 1 is 1.23 bits per heavy atom. The van der Waals surface area contributed by atoms with Crippen molar-refractivity contribution in [1.82, 2.24) is 9.47 Å². The van der Waals surface area contributed by atoms with Gasteiger partial charge in [0.15, 0.2) is 0 Å². The first-order chi connectivity index (χ1) is 10.6. The van der Waals surface area contributed by atoms with Crippen molar-refractivity contribution in [3.05, 3.63) is 58.9 Å². The van der Waals surface area contributed by atoms with Gasteiger partial charge in [-0.3, -0.25) is 9.59 Å². The lowest BCUT2D eigenvalue weighted by Gasteiger charge is -2.37. The van der Waals surface area contributed by atoms with Gasteiger partial charge in [-0.05, 0) is 29.8 Å². The van der Waals surface area contributed by atoms with Gasteiger partial charge in [0, 0.05) is 30.0 Å². The minimum absolute atomic E-state index is 0.311. The summed E-state index contributed by atoms with van der Waals surface area (Å²) in [5.41, 5.74) is 1.85. The highest BCUT2D eigenvalue weighted by molar-refractivity contribution is 6.30. The van der Waals surface area contributed by atoms with Crippen LogP contribution >= 0.6 is 11.6 Å². The molecule has 1 amide bonds. The number of carboxylic acid groups (broad SMARTS) is 1. The molecule has 0 saturated heterocycles. The van der Waals surface area contributed by atoms with Gasteiger partial charge in [0.25, 0.3) is 0 Å². The predicted octanol–water partition coefficient (Wildman–Crippen LogP) is 2.55. The molecule has 0 spiro atoms. The van der Waals surface area contributed by atoms with Gasteiger partial charge >= 0.3 is 5.97 Å². The second kappa shape index (κ2) is 5.85. The molecule has 0 aliphatic carbocycles. The fraction of sp³-hybridized carbons (Fsp3) is 0.250. The third kappa shape index (κ3) is 2.72. The summed E-state index contributed by atoms with van der Waals surface area (Å²) in [5, 5.41) is 9.49. The first-order valence-corrected chi connectivity index (χ1v) is 7.36. The zero-order valence-corrected chi connectivity index (χ0v) is 12.5. The molecule has 0 radical (unpaired) electrons. The summed E-state index contributed by atoms with van der Waals surface area (Å²) < 4.78 is 2.08. The number of fused-ring (bicyclic) bond motifs is 1. The smallest absolute Gasteiger partial charge is 0.312 e. The summed E-state index contributed by atoms with van der Waals surface area (Å²) in [6.45, 7) is 1.13. The first-order valence-electron chi connectivity index (χ1n) is 6.98. The Bertz CT molecular complexity index is 726. The largest absolute Gasteiger partial charge is 0.481 e. The van der Waals surface area contributed by atoms with E-state index in [0.29, 0.717) is 18.1 Å². The monoisotopic (exact) mass is 318 g/mol. The van der Waals surface area contributed by atoms with Gasteiger partial charge < -0.3 is 14.6 Å². The number of aliphatic carboxylic acids is 1. The number of amides is 1. The molecule has 6 heteroatoms. The van der Waals surface area contributed by atoms with E-state index in [1.54, 1.807) is 11.0 Å². The molecule has 1 aliphatic heterocycles.